The zero-order chi connectivity index (χ0) is 21.5. The van der Waals surface area contributed by atoms with Gasteiger partial charge in [-0.25, -0.2) is 13.2 Å². The van der Waals surface area contributed by atoms with Crippen molar-refractivity contribution in [2.45, 2.75) is 36.8 Å². The summed E-state index contributed by atoms with van der Waals surface area (Å²) in [6, 6.07) is 9.13. The van der Waals surface area contributed by atoms with Gasteiger partial charge in [-0.1, -0.05) is 23.7 Å². The van der Waals surface area contributed by atoms with Crippen LogP contribution in [0.25, 0.3) is 0 Å². The summed E-state index contributed by atoms with van der Waals surface area (Å²) in [5, 5.41) is 5.79. The smallest absolute Gasteiger partial charge is 0.263 e. The molecule has 0 aromatic heterocycles. The maximum absolute atomic E-state index is 13.4. The second-order valence-corrected chi connectivity index (χ2v) is 8.29. The molecule has 3 aliphatic rings. The molecule has 0 heterocycles. The number of alkyl halides is 2. The lowest BCUT2D eigenvalue weighted by Gasteiger charge is -2.70. The molecule has 3 aliphatic carbocycles. The lowest BCUT2D eigenvalue weighted by Crippen LogP contribution is -2.84. The maximum Gasteiger partial charge on any atom is 0.263 e. The van der Waals surface area contributed by atoms with Gasteiger partial charge in [-0.2, -0.15) is 0 Å². The summed E-state index contributed by atoms with van der Waals surface area (Å²) in [6.07, 6.45) is -0.821. The Morgan fingerprint density at radius 1 is 1.03 bits per heavy atom. The van der Waals surface area contributed by atoms with Gasteiger partial charge in [0.05, 0.1) is 5.02 Å². The predicted molar refractivity (Wildman–Crippen MR) is 103 cm³/mol. The van der Waals surface area contributed by atoms with E-state index in [1.165, 1.54) is 36.4 Å². The quantitative estimate of drug-likeness (QED) is 0.686. The van der Waals surface area contributed by atoms with E-state index in [2.05, 4.69) is 10.6 Å². The van der Waals surface area contributed by atoms with Crippen LogP contribution in [0.1, 0.15) is 41.6 Å². The average molecular weight is 439 g/mol. The summed E-state index contributed by atoms with van der Waals surface area (Å²) in [5.74, 6) is -1.10. The van der Waals surface area contributed by atoms with Gasteiger partial charge >= 0.3 is 0 Å². The van der Waals surface area contributed by atoms with E-state index >= 15 is 0 Å². The van der Waals surface area contributed by atoms with Crippen LogP contribution < -0.4 is 15.4 Å². The predicted octanol–water partition coefficient (Wildman–Crippen LogP) is 4.02. The number of nitrogens with one attached hydrogen (secondary N) is 2. The molecule has 0 spiro atoms. The first-order chi connectivity index (χ1) is 14.2. The standard InChI is InChI=1S/C21H18ClF3N2O3/c22-15-6-5-14(7-16(15)23)30-8-17(28)26-20-9-21(10-20,11-20)27-19(29)13-3-1-12(2-4-13)18(24)25/h1-7,18H,8-11H2,(H,26,28)(H,27,29). The Morgan fingerprint density at radius 3 is 2.27 bits per heavy atom. The third-order valence-corrected chi connectivity index (χ3v) is 5.81. The molecule has 2 aromatic carbocycles. The summed E-state index contributed by atoms with van der Waals surface area (Å²) in [5.41, 5.74) is -0.585. The number of amides is 2. The molecule has 0 saturated heterocycles. The molecule has 3 fully saturated rings. The van der Waals surface area contributed by atoms with E-state index in [0.717, 1.165) is 6.07 Å². The van der Waals surface area contributed by atoms with Gasteiger partial charge in [0.25, 0.3) is 18.2 Å². The van der Waals surface area contributed by atoms with Crippen molar-refractivity contribution < 1.29 is 27.5 Å². The zero-order valence-electron chi connectivity index (χ0n) is 15.7. The first kappa shape index (κ1) is 20.5. The van der Waals surface area contributed by atoms with Gasteiger partial charge in [0.1, 0.15) is 11.6 Å². The van der Waals surface area contributed by atoms with Crippen molar-refractivity contribution in [3.05, 3.63) is 64.4 Å². The monoisotopic (exact) mass is 438 g/mol. The molecule has 2 aromatic rings. The molecule has 2 N–H and O–H groups in total. The van der Waals surface area contributed by atoms with E-state index in [1.54, 1.807) is 0 Å². The SMILES string of the molecule is O=C(COc1ccc(Cl)c(F)c1)NC12CC(NC(=O)c3ccc(C(F)F)cc3)(C1)C2. The van der Waals surface area contributed by atoms with Crippen LogP contribution in [0, 0.1) is 5.82 Å². The van der Waals surface area contributed by atoms with Gasteiger partial charge in [0.2, 0.25) is 0 Å². The number of rotatable bonds is 7. The van der Waals surface area contributed by atoms with Crippen LogP contribution in [0.4, 0.5) is 13.2 Å². The average Bonchev–Trinajstić information content (AvgIpc) is 2.66. The summed E-state index contributed by atoms with van der Waals surface area (Å²) >= 11 is 5.60. The van der Waals surface area contributed by atoms with Gasteiger partial charge < -0.3 is 15.4 Å². The number of hydrogen-bond donors (Lipinski definition) is 2. The van der Waals surface area contributed by atoms with Crippen molar-refractivity contribution in [3.8, 4) is 5.75 Å². The third-order valence-electron chi connectivity index (χ3n) is 5.50. The molecule has 0 radical (unpaired) electrons. The van der Waals surface area contributed by atoms with Crippen molar-refractivity contribution in [2.75, 3.05) is 6.61 Å². The highest BCUT2D eigenvalue weighted by atomic mass is 35.5. The topological polar surface area (TPSA) is 67.4 Å². The normalized spacial score (nSPS) is 23.9. The Balaban J connectivity index is 1.23. The van der Waals surface area contributed by atoms with E-state index in [0.29, 0.717) is 24.8 Å². The molecule has 3 saturated carbocycles. The molecule has 2 amide bonds. The van der Waals surface area contributed by atoms with Gasteiger partial charge in [0.15, 0.2) is 6.61 Å². The van der Waals surface area contributed by atoms with Gasteiger partial charge in [0, 0.05) is 28.3 Å². The van der Waals surface area contributed by atoms with Crippen molar-refractivity contribution in [1.82, 2.24) is 10.6 Å². The summed E-state index contributed by atoms with van der Waals surface area (Å²) in [4.78, 5) is 24.5. The van der Waals surface area contributed by atoms with E-state index < -0.39 is 12.2 Å². The van der Waals surface area contributed by atoms with E-state index in [1.807, 2.05) is 0 Å². The fourth-order valence-corrected chi connectivity index (χ4v) is 4.31. The van der Waals surface area contributed by atoms with Crippen molar-refractivity contribution in [2.24, 2.45) is 0 Å². The molecule has 30 heavy (non-hydrogen) atoms. The van der Waals surface area contributed by atoms with E-state index in [9.17, 15) is 22.8 Å². The minimum absolute atomic E-state index is 0.0296. The summed E-state index contributed by atoms with van der Waals surface area (Å²) in [6.45, 7) is -0.265. The van der Waals surface area contributed by atoms with E-state index in [-0.39, 0.29) is 45.8 Å². The van der Waals surface area contributed by atoms with Crippen LogP contribution in [-0.2, 0) is 4.79 Å². The van der Waals surface area contributed by atoms with Gasteiger partial charge in [-0.3, -0.25) is 9.59 Å². The van der Waals surface area contributed by atoms with Crippen molar-refractivity contribution in [3.63, 3.8) is 0 Å². The Morgan fingerprint density at radius 2 is 1.67 bits per heavy atom. The Kier molecular flexibility index (Phi) is 5.13. The van der Waals surface area contributed by atoms with Crippen LogP contribution in [-0.4, -0.2) is 29.5 Å². The van der Waals surface area contributed by atoms with Crippen LogP contribution in [0.5, 0.6) is 5.75 Å². The Hall–Kier alpha value is -2.74. The van der Waals surface area contributed by atoms with Crippen molar-refractivity contribution >= 4 is 23.4 Å². The fraction of sp³-hybridized carbons (Fsp3) is 0.333. The highest BCUT2D eigenvalue weighted by Crippen LogP contribution is 2.60. The summed E-state index contributed by atoms with van der Waals surface area (Å²) < 4.78 is 43.9. The molecule has 0 unspecified atom stereocenters. The van der Waals surface area contributed by atoms with Gasteiger partial charge in [-0.05, 0) is 43.5 Å². The molecular weight excluding hydrogens is 421 g/mol. The number of benzene rings is 2. The van der Waals surface area contributed by atoms with Gasteiger partial charge in [-0.15, -0.1) is 0 Å². The summed E-state index contributed by atoms with van der Waals surface area (Å²) in [7, 11) is 0. The second kappa shape index (κ2) is 7.50. The lowest BCUT2D eigenvalue weighted by molar-refractivity contribution is -0.141. The molecule has 0 atom stereocenters. The number of hydrogen-bond acceptors (Lipinski definition) is 3. The minimum atomic E-state index is -2.58. The minimum Gasteiger partial charge on any atom is -0.484 e. The fourth-order valence-electron chi connectivity index (χ4n) is 4.19. The molecule has 2 bridgehead atoms. The number of halogens is 4. The Bertz CT molecular complexity index is 978. The first-order valence-electron chi connectivity index (χ1n) is 9.29. The third kappa shape index (κ3) is 3.96. The Labute approximate surface area is 175 Å². The van der Waals surface area contributed by atoms with E-state index in [4.69, 9.17) is 16.3 Å². The molecule has 0 aliphatic heterocycles. The highest BCUT2D eigenvalue weighted by molar-refractivity contribution is 6.30. The molecular formula is C21H18ClF3N2O3. The van der Waals surface area contributed by atoms with Crippen LogP contribution in [0.3, 0.4) is 0 Å². The first-order valence-corrected chi connectivity index (χ1v) is 9.67. The molecule has 5 rings (SSSR count). The van der Waals surface area contributed by atoms with Crippen molar-refractivity contribution in [1.29, 1.82) is 0 Å². The van der Waals surface area contributed by atoms with Crippen LogP contribution in [0.15, 0.2) is 42.5 Å². The van der Waals surface area contributed by atoms with Crippen LogP contribution in [0.2, 0.25) is 5.02 Å². The second-order valence-electron chi connectivity index (χ2n) is 7.88. The number of carbonyl (C=O) groups excluding carboxylic acids is 2. The zero-order valence-corrected chi connectivity index (χ0v) is 16.4. The molecule has 158 valence electrons. The molecule has 9 heteroatoms. The maximum atomic E-state index is 13.4. The van der Waals surface area contributed by atoms with Crippen LogP contribution >= 0.6 is 11.6 Å². The largest absolute Gasteiger partial charge is 0.484 e. The molecule has 5 nitrogen and oxygen atoms in total. The number of ether oxygens (including phenoxy) is 1. The lowest BCUT2D eigenvalue weighted by atomic mass is 9.44. The highest BCUT2D eigenvalue weighted by Gasteiger charge is 2.69. The number of carbonyl (C=O) groups is 2.